The van der Waals surface area contributed by atoms with Gasteiger partial charge in [0, 0.05) is 19.1 Å². The Labute approximate surface area is 154 Å². The molecule has 4 N–H and O–H groups in total. The molecule has 2 atom stereocenters. The number of halogens is 1. The third-order valence-electron chi connectivity index (χ3n) is 5.13. The molecule has 0 spiro atoms. The van der Waals surface area contributed by atoms with E-state index in [0.717, 1.165) is 25.7 Å². The molecule has 25 heavy (non-hydrogen) atoms. The zero-order valence-electron chi connectivity index (χ0n) is 14.4. The monoisotopic (exact) mass is 366 g/mol. The van der Waals surface area contributed by atoms with Crippen LogP contribution in [0.25, 0.3) is 0 Å². The minimum absolute atomic E-state index is 0. The van der Waals surface area contributed by atoms with Gasteiger partial charge in [-0.3, -0.25) is 4.79 Å². The molecule has 7 heteroatoms. The molecule has 0 bridgehead atoms. The number of fused-ring (bicyclic) bond motifs is 1. The first-order valence-corrected chi connectivity index (χ1v) is 8.76. The maximum absolute atomic E-state index is 12.3. The van der Waals surface area contributed by atoms with Crippen molar-refractivity contribution in [3.8, 4) is 0 Å². The number of nitrogens with one attached hydrogen (secondary N) is 2. The fraction of sp³-hybridized carbons (Fsp3) is 0.556. The average molecular weight is 367 g/mol. The van der Waals surface area contributed by atoms with Crippen LogP contribution in [0.4, 0.5) is 4.79 Å². The summed E-state index contributed by atoms with van der Waals surface area (Å²) in [6.45, 7) is 1.90. The van der Waals surface area contributed by atoms with Gasteiger partial charge in [-0.1, -0.05) is 30.7 Å². The second-order valence-corrected chi connectivity index (χ2v) is 6.70. The highest BCUT2D eigenvalue weighted by Crippen LogP contribution is 2.24. The first-order valence-electron chi connectivity index (χ1n) is 8.76. The summed E-state index contributed by atoms with van der Waals surface area (Å²) >= 11 is 0. The molecular formula is C18H27ClN4O2. The van der Waals surface area contributed by atoms with E-state index < -0.39 is 0 Å². The molecule has 2 unspecified atom stereocenters. The van der Waals surface area contributed by atoms with Crippen LogP contribution in [0.3, 0.4) is 0 Å². The summed E-state index contributed by atoms with van der Waals surface area (Å²) in [6, 6.07) is 8.14. The van der Waals surface area contributed by atoms with Gasteiger partial charge >= 0.3 is 6.03 Å². The van der Waals surface area contributed by atoms with Crippen LogP contribution in [0.2, 0.25) is 0 Å². The number of carbonyl (C=O) groups excluding carboxylic acids is 2. The Bertz CT molecular complexity index is 610. The summed E-state index contributed by atoms with van der Waals surface area (Å²) in [7, 11) is 0. The SMILES string of the molecule is Cl.NCC1CCCC1NC(=O)CNC(=O)N1CCc2ccccc2C1. The first-order chi connectivity index (χ1) is 11.7. The molecule has 6 nitrogen and oxygen atoms in total. The van der Waals surface area contributed by atoms with Gasteiger partial charge in [0.05, 0.1) is 6.54 Å². The summed E-state index contributed by atoms with van der Waals surface area (Å²) in [5, 5.41) is 5.74. The number of hydrogen-bond acceptors (Lipinski definition) is 3. The Morgan fingerprint density at radius 1 is 1.20 bits per heavy atom. The molecule has 1 saturated carbocycles. The van der Waals surface area contributed by atoms with Crippen LogP contribution < -0.4 is 16.4 Å². The number of nitrogens with two attached hydrogens (primary N) is 1. The van der Waals surface area contributed by atoms with E-state index in [1.165, 1.54) is 11.1 Å². The van der Waals surface area contributed by atoms with Crippen molar-refractivity contribution in [3.05, 3.63) is 35.4 Å². The van der Waals surface area contributed by atoms with Gasteiger partial charge in [0.25, 0.3) is 0 Å². The number of amides is 3. The van der Waals surface area contributed by atoms with Gasteiger partial charge < -0.3 is 21.3 Å². The van der Waals surface area contributed by atoms with Gasteiger partial charge in [0.1, 0.15) is 0 Å². The topological polar surface area (TPSA) is 87.5 Å². The van der Waals surface area contributed by atoms with E-state index in [4.69, 9.17) is 5.73 Å². The van der Waals surface area contributed by atoms with E-state index >= 15 is 0 Å². The van der Waals surface area contributed by atoms with Crippen LogP contribution in [0.1, 0.15) is 30.4 Å². The van der Waals surface area contributed by atoms with Gasteiger partial charge in [-0.25, -0.2) is 4.79 Å². The maximum atomic E-state index is 12.3. The number of rotatable bonds is 4. The van der Waals surface area contributed by atoms with Crippen molar-refractivity contribution in [2.75, 3.05) is 19.6 Å². The Hall–Kier alpha value is -1.79. The fourth-order valence-corrected chi connectivity index (χ4v) is 3.70. The van der Waals surface area contributed by atoms with Crippen molar-refractivity contribution in [1.82, 2.24) is 15.5 Å². The van der Waals surface area contributed by atoms with E-state index in [1.807, 2.05) is 12.1 Å². The smallest absolute Gasteiger partial charge is 0.318 e. The number of benzene rings is 1. The molecule has 1 aliphatic carbocycles. The standard InChI is InChI=1S/C18H26N4O2.ClH/c19-10-14-6-3-7-16(14)21-17(23)11-20-18(24)22-9-8-13-4-1-2-5-15(13)12-22;/h1-2,4-5,14,16H,3,6-12,19H2,(H,20,24)(H,21,23);1H. The van der Waals surface area contributed by atoms with Crippen molar-refractivity contribution < 1.29 is 9.59 Å². The van der Waals surface area contributed by atoms with E-state index in [1.54, 1.807) is 4.90 Å². The summed E-state index contributed by atoms with van der Waals surface area (Å²) in [5.74, 6) is 0.231. The number of nitrogens with zero attached hydrogens (tertiary/aromatic N) is 1. The van der Waals surface area contributed by atoms with Crippen LogP contribution in [-0.2, 0) is 17.8 Å². The molecule has 3 amide bonds. The third-order valence-corrected chi connectivity index (χ3v) is 5.13. The Morgan fingerprint density at radius 3 is 2.72 bits per heavy atom. The van der Waals surface area contributed by atoms with E-state index in [2.05, 4.69) is 22.8 Å². The lowest BCUT2D eigenvalue weighted by atomic mass is 10.0. The van der Waals surface area contributed by atoms with Gasteiger partial charge in [0.2, 0.25) is 5.91 Å². The number of hydrogen-bond donors (Lipinski definition) is 3. The van der Waals surface area contributed by atoms with Crippen molar-refractivity contribution in [1.29, 1.82) is 0 Å². The van der Waals surface area contributed by atoms with Crippen LogP contribution in [0.5, 0.6) is 0 Å². The molecule has 1 aliphatic heterocycles. The molecule has 3 rings (SSSR count). The highest BCUT2D eigenvalue weighted by Gasteiger charge is 2.27. The molecule has 2 aliphatic rings. The van der Waals surface area contributed by atoms with E-state index in [9.17, 15) is 9.59 Å². The van der Waals surface area contributed by atoms with E-state index in [-0.39, 0.29) is 36.9 Å². The fourth-order valence-electron chi connectivity index (χ4n) is 3.70. The lowest BCUT2D eigenvalue weighted by Crippen LogP contribution is -2.48. The first kappa shape index (κ1) is 19.5. The highest BCUT2D eigenvalue weighted by atomic mass is 35.5. The lowest BCUT2D eigenvalue weighted by molar-refractivity contribution is -0.121. The largest absolute Gasteiger partial charge is 0.352 e. The van der Waals surface area contributed by atoms with E-state index in [0.29, 0.717) is 25.6 Å². The summed E-state index contributed by atoms with van der Waals surface area (Å²) in [6.07, 6.45) is 4.01. The van der Waals surface area contributed by atoms with Crippen LogP contribution >= 0.6 is 12.4 Å². The summed E-state index contributed by atoms with van der Waals surface area (Å²) < 4.78 is 0. The lowest BCUT2D eigenvalue weighted by Gasteiger charge is -2.29. The summed E-state index contributed by atoms with van der Waals surface area (Å²) in [5.41, 5.74) is 8.21. The molecule has 138 valence electrons. The van der Waals surface area contributed by atoms with Gasteiger partial charge in [-0.2, -0.15) is 0 Å². The van der Waals surface area contributed by atoms with Crippen molar-refractivity contribution in [2.45, 2.75) is 38.3 Å². The van der Waals surface area contributed by atoms with Crippen molar-refractivity contribution >= 4 is 24.3 Å². The van der Waals surface area contributed by atoms with Gasteiger partial charge in [-0.15, -0.1) is 12.4 Å². The molecule has 1 aromatic rings. The van der Waals surface area contributed by atoms with Crippen LogP contribution in [0, 0.1) is 5.92 Å². The molecule has 1 heterocycles. The minimum atomic E-state index is -0.179. The molecule has 0 saturated heterocycles. The van der Waals surface area contributed by atoms with Gasteiger partial charge in [0.15, 0.2) is 0 Å². The Balaban J connectivity index is 0.00000225. The Kier molecular flexibility index (Phi) is 7.08. The predicted octanol–water partition coefficient (Wildman–Crippen LogP) is 1.42. The van der Waals surface area contributed by atoms with Crippen LogP contribution in [0.15, 0.2) is 24.3 Å². The molecule has 1 fully saturated rings. The normalized spacial score (nSPS) is 21.9. The molecular weight excluding hydrogens is 340 g/mol. The highest BCUT2D eigenvalue weighted by molar-refractivity contribution is 5.85. The molecule has 0 aromatic heterocycles. The summed E-state index contributed by atoms with van der Waals surface area (Å²) in [4.78, 5) is 26.1. The maximum Gasteiger partial charge on any atom is 0.318 e. The third kappa shape index (κ3) is 4.86. The quantitative estimate of drug-likeness (QED) is 0.753. The average Bonchev–Trinajstić information content (AvgIpc) is 3.06. The van der Waals surface area contributed by atoms with Crippen molar-refractivity contribution in [3.63, 3.8) is 0 Å². The second-order valence-electron chi connectivity index (χ2n) is 6.70. The molecule has 0 radical (unpaired) electrons. The minimum Gasteiger partial charge on any atom is -0.352 e. The second kappa shape index (κ2) is 9.06. The van der Waals surface area contributed by atoms with Gasteiger partial charge in [-0.05, 0) is 42.9 Å². The zero-order valence-corrected chi connectivity index (χ0v) is 15.2. The number of carbonyl (C=O) groups is 2. The van der Waals surface area contributed by atoms with Crippen molar-refractivity contribution in [2.24, 2.45) is 11.7 Å². The molecule has 1 aromatic carbocycles. The van der Waals surface area contributed by atoms with Crippen LogP contribution in [-0.4, -0.2) is 42.5 Å². The Morgan fingerprint density at radius 2 is 1.96 bits per heavy atom. The number of urea groups is 1. The zero-order chi connectivity index (χ0) is 16.9. The predicted molar refractivity (Wildman–Crippen MR) is 99.5 cm³/mol.